The molecule has 1 aromatic carbocycles. The fourth-order valence-electron chi connectivity index (χ4n) is 2.24. The van der Waals surface area contributed by atoms with E-state index in [-0.39, 0.29) is 5.91 Å². The number of hydrogen-bond donors (Lipinski definition) is 1. The molecule has 0 spiro atoms. The van der Waals surface area contributed by atoms with E-state index in [1.807, 2.05) is 45.2 Å². The second-order valence-corrected chi connectivity index (χ2v) is 5.03. The van der Waals surface area contributed by atoms with Gasteiger partial charge in [-0.15, -0.1) is 0 Å². The Morgan fingerprint density at radius 2 is 2.00 bits per heavy atom. The number of amides is 1. The molecule has 1 amide bonds. The minimum Gasteiger partial charge on any atom is -0.326 e. The first-order chi connectivity index (χ1) is 10.0. The number of aromatic nitrogens is 2. The summed E-state index contributed by atoms with van der Waals surface area (Å²) in [5.41, 5.74) is 4.54. The van der Waals surface area contributed by atoms with E-state index in [2.05, 4.69) is 16.5 Å². The molecular formula is C16H18N4O. The number of anilines is 1. The average molecular weight is 282 g/mol. The van der Waals surface area contributed by atoms with Crippen molar-refractivity contribution in [3.8, 4) is 6.07 Å². The first-order valence-corrected chi connectivity index (χ1v) is 6.76. The summed E-state index contributed by atoms with van der Waals surface area (Å²) in [5, 5.41) is 15.8. The summed E-state index contributed by atoms with van der Waals surface area (Å²) in [6.07, 6.45) is 0.688. The number of carbonyl (C=O) groups excluding carboxylic acids is 1. The molecule has 0 unspecified atom stereocenters. The van der Waals surface area contributed by atoms with Gasteiger partial charge in [0.25, 0.3) is 0 Å². The zero-order valence-corrected chi connectivity index (χ0v) is 12.5. The SMILES string of the molecule is Cc1nn(C)c(C)c1CC(=O)Nc1ccc(CC#N)cc1. The molecule has 0 aliphatic rings. The predicted octanol–water partition coefficient (Wildman–Crippen LogP) is 2.28. The third-order valence-corrected chi connectivity index (χ3v) is 3.52. The molecule has 0 radical (unpaired) electrons. The molecule has 0 atom stereocenters. The van der Waals surface area contributed by atoms with Crippen molar-refractivity contribution in [3.05, 3.63) is 46.8 Å². The maximum absolute atomic E-state index is 12.1. The Morgan fingerprint density at radius 3 is 2.52 bits per heavy atom. The second kappa shape index (κ2) is 6.23. The molecular weight excluding hydrogens is 264 g/mol. The largest absolute Gasteiger partial charge is 0.326 e. The van der Waals surface area contributed by atoms with Crippen LogP contribution in [0, 0.1) is 25.2 Å². The molecule has 0 saturated carbocycles. The minimum atomic E-state index is -0.0674. The zero-order valence-electron chi connectivity index (χ0n) is 12.5. The van der Waals surface area contributed by atoms with Crippen molar-refractivity contribution in [1.29, 1.82) is 5.26 Å². The fourth-order valence-corrected chi connectivity index (χ4v) is 2.24. The normalized spacial score (nSPS) is 10.2. The molecule has 0 saturated heterocycles. The summed E-state index contributed by atoms with van der Waals surface area (Å²) < 4.78 is 1.79. The number of nitrogens with one attached hydrogen (secondary N) is 1. The molecule has 21 heavy (non-hydrogen) atoms. The minimum absolute atomic E-state index is 0.0674. The Hall–Kier alpha value is -2.61. The molecule has 1 N–H and O–H groups in total. The lowest BCUT2D eigenvalue weighted by atomic mass is 10.1. The van der Waals surface area contributed by atoms with E-state index >= 15 is 0 Å². The van der Waals surface area contributed by atoms with Crippen molar-refractivity contribution in [1.82, 2.24) is 9.78 Å². The van der Waals surface area contributed by atoms with Gasteiger partial charge in [0.05, 0.1) is 24.6 Å². The van der Waals surface area contributed by atoms with Crippen LogP contribution in [0.5, 0.6) is 0 Å². The summed E-state index contributed by atoms with van der Waals surface area (Å²) >= 11 is 0. The van der Waals surface area contributed by atoms with E-state index in [1.165, 1.54) is 0 Å². The first-order valence-electron chi connectivity index (χ1n) is 6.76. The summed E-state index contributed by atoms with van der Waals surface area (Å²) in [6, 6.07) is 9.41. The predicted molar refractivity (Wildman–Crippen MR) is 80.8 cm³/mol. The Kier molecular flexibility index (Phi) is 4.39. The van der Waals surface area contributed by atoms with Gasteiger partial charge in [-0.1, -0.05) is 12.1 Å². The van der Waals surface area contributed by atoms with Crippen LogP contribution in [0.2, 0.25) is 0 Å². The van der Waals surface area contributed by atoms with Gasteiger partial charge in [0.2, 0.25) is 5.91 Å². The number of rotatable bonds is 4. The Morgan fingerprint density at radius 1 is 1.33 bits per heavy atom. The van der Waals surface area contributed by atoms with Gasteiger partial charge >= 0.3 is 0 Å². The molecule has 0 fully saturated rings. The van der Waals surface area contributed by atoms with Crippen LogP contribution >= 0.6 is 0 Å². The van der Waals surface area contributed by atoms with Crippen molar-refractivity contribution in [2.45, 2.75) is 26.7 Å². The van der Waals surface area contributed by atoms with Gasteiger partial charge < -0.3 is 5.32 Å². The van der Waals surface area contributed by atoms with E-state index in [0.717, 1.165) is 28.2 Å². The number of carbonyl (C=O) groups is 1. The van der Waals surface area contributed by atoms with E-state index in [0.29, 0.717) is 12.8 Å². The highest BCUT2D eigenvalue weighted by Gasteiger charge is 2.13. The van der Waals surface area contributed by atoms with Crippen LogP contribution in [0.4, 0.5) is 5.69 Å². The van der Waals surface area contributed by atoms with Crippen molar-refractivity contribution in [3.63, 3.8) is 0 Å². The van der Waals surface area contributed by atoms with Crippen LogP contribution in [0.3, 0.4) is 0 Å². The maximum Gasteiger partial charge on any atom is 0.228 e. The Bertz CT molecular complexity index is 692. The Balaban J connectivity index is 2.03. The van der Waals surface area contributed by atoms with Crippen molar-refractivity contribution < 1.29 is 4.79 Å². The smallest absolute Gasteiger partial charge is 0.228 e. The third kappa shape index (κ3) is 3.48. The number of aryl methyl sites for hydroxylation is 2. The van der Waals surface area contributed by atoms with Crippen LogP contribution in [0.1, 0.15) is 22.5 Å². The lowest BCUT2D eigenvalue weighted by molar-refractivity contribution is -0.115. The maximum atomic E-state index is 12.1. The topological polar surface area (TPSA) is 70.7 Å². The number of benzene rings is 1. The van der Waals surface area contributed by atoms with E-state index in [9.17, 15) is 4.79 Å². The molecule has 5 nitrogen and oxygen atoms in total. The van der Waals surface area contributed by atoms with E-state index < -0.39 is 0 Å². The van der Waals surface area contributed by atoms with Crippen LogP contribution in [0.15, 0.2) is 24.3 Å². The Labute approximate surface area is 124 Å². The summed E-state index contributed by atoms with van der Waals surface area (Å²) in [4.78, 5) is 12.1. The summed E-state index contributed by atoms with van der Waals surface area (Å²) in [5.74, 6) is -0.0674. The molecule has 2 rings (SSSR count). The van der Waals surface area contributed by atoms with Gasteiger partial charge in [-0.05, 0) is 31.5 Å². The standard InChI is InChI=1S/C16H18N4O/c1-11-15(12(2)20(3)19-11)10-16(21)18-14-6-4-13(5-7-14)8-9-17/h4-7H,8,10H2,1-3H3,(H,18,21). The molecule has 0 bridgehead atoms. The van der Waals surface area contributed by atoms with E-state index in [1.54, 1.807) is 4.68 Å². The molecule has 2 aromatic rings. The molecule has 1 heterocycles. The lowest BCUT2D eigenvalue weighted by Crippen LogP contribution is -2.15. The van der Waals surface area contributed by atoms with Crippen LogP contribution in [-0.4, -0.2) is 15.7 Å². The molecule has 0 aliphatic heterocycles. The van der Waals surface area contributed by atoms with Crippen LogP contribution in [0.25, 0.3) is 0 Å². The van der Waals surface area contributed by atoms with Gasteiger partial charge in [0, 0.05) is 24.0 Å². The van der Waals surface area contributed by atoms with Crippen molar-refractivity contribution >= 4 is 11.6 Å². The lowest BCUT2D eigenvalue weighted by Gasteiger charge is -2.06. The zero-order chi connectivity index (χ0) is 15.4. The molecule has 5 heteroatoms. The highest BCUT2D eigenvalue weighted by atomic mass is 16.1. The molecule has 0 aliphatic carbocycles. The summed E-state index contributed by atoms with van der Waals surface area (Å²) in [7, 11) is 1.87. The number of hydrogen-bond acceptors (Lipinski definition) is 3. The van der Waals surface area contributed by atoms with Crippen molar-refractivity contribution in [2.75, 3.05) is 5.32 Å². The highest BCUT2D eigenvalue weighted by molar-refractivity contribution is 5.92. The number of nitriles is 1. The second-order valence-electron chi connectivity index (χ2n) is 5.03. The average Bonchev–Trinajstić information content (AvgIpc) is 2.68. The molecule has 1 aromatic heterocycles. The van der Waals surface area contributed by atoms with Gasteiger partial charge in [-0.25, -0.2) is 0 Å². The molecule has 108 valence electrons. The van der Waals surface area contributed by atoms with Crippen LogP contribution < -0.4 is 5.32 Å². The number of nitrogens with zero attached hydrogens (tertiary/aromatic N) is 3. The third-order valence-electron chi connectivity index (χ3n) is 3.52. The highest BCUT2D eigenvalue weighted by Crippen LogP contribution is 2.15. The fraction of sp³-hybridized carbons (Fsp3) is 0.312. The monoisotopic (exact) mass is 282 g/mol. The van der Waals surface area contributed by atoms with Gasteiger partial charge in [-0.2, -0.15) is 10.4 Å². The van der Waals surface area contributed by atoms with Crippen molar-refractivity contribution in [2.24, 2.45) is 7.05 Å². The summed E-state index contributed by atoms with van der Waals surface area (Å²) in [6.45, 7) is 3.87. The van der Waals surface area contributed by atoms with Gasteiger partial charge in [0.15, 0.2) is 0 Å². The quantitative estimate of drug-likeness (QED) is 0.935. The van der Waals surface area contributed by atoms with Crippen LogP contribution in [-0.2, 0) is 24.7 Å². The van der Waals surface area contributed by atoms with Gasteiger partial charge in [0.1, 0.15) is 0 Å². The van der Waals surface area contributed by atoms with E-state index in [4.69, 9.17) is 5.26 Å². The first kappa shape index (κ1) is 14.8. The van der Waals surface area contributed by atoms with Gasteiger partial charge in [-0.3, -0.25) is 9.48 Å².